The number of carboxylic acid groups (broad SMARTS) is 1. The summed E-state index contributed by atoms with van der Waals surface area (Å²) in [6, 6.07) is 9.84. The van der Waals surface area contributed by atoms with Crippen molar-refractivity contribution in [2.45, 2.75) is 44.4 Å². The van der Waals surface area contributed by atoms with Crippen LogP contribution < -0.4 is 4.90 Å². The van der Waals surface area contributed by atoms with Crippen molar-refractivity contribution >= 4 is 23.7 Å². The number of ether oxygens (including phenoxy) is 1. The third-order valence-electron chi connectivity index (χ3n) is 6.52. The largest absolute Gasteiger partial charge is 0.479 e. The second-order valence-electron chi connectivity index (χ2n) is 8.73. The van der Waals surface area contributed by atoms with Crippen LogP contribution in [0.25, 0.3) is 0 Å². The van der Waals surface area contributed by atoms with Crippen molar-refractivity contribution in [3.8, 4) is 6.07 Å². The predicted molar refractivity (Wildman–Crippen MR) is 124 cm³/mol. The minimum Gasteiger partial charge on any atom is -0.479 e. The summed E-state index contributed by atoms with van der Waals surface area (Å²) in [7, 11) is 0. The standard InChI is InChI=1S/C26H22F3N3O5/c1-3-37-22(33)20-15(2)31(19-6-4-5-18(13-19)26(27,28)29)24(36)32(25(11-12-25)23(34)35)21(20)17-9-7-16(14-30)8-10-17/h4-10,13,21H,3,11-12H2,1-2H3,(H,34,35). The summed E-state index contributed by atoms with van der Waals surface area (Å²) >= 11 is 0. The van der Waals surface area contributed by atoms with Gasteiger partial charge < -0.3 is 9.84 Å². The Labute approximate surface area is 210 Å². The molecule has 1 unspecified atom stereocenters. The van der Waals surface area contributed by atoms with Crippen LogP contribution in [-0.2, 0) is 20.5 Å². The number of rotatable bonds is 6. The maximum absolute atomic E-state index is 14.0. The zero-order valence-electron chi connectivity index (χ0n) is 19.9. The molecule has 0 aromatic heterocycles. The second kappa shape index (κ2) is 9.28. The number of nitriles is 1. The van der Waals surface area contributed by atoms with Crippen LogP contribution in [0.5, 0.6) is 0 Å². The predicted octanol–water partition coefficient (Wildman–Crippen LogP) is 5.01. The molecule has 2 aromatic rings. The van der Waals surface area contributed by atoms with Crippen molar-refractivity contribution in [1.29, 1.82) is 5.26 Å². The van der Waals surface area contributed by atoms with Gasteiger partial charge in [0.1, 0.15) is 5.54 Å². The molecule has 4 rings (SSSR count). The zero-order chi connectivity index (χ0) is 27.1. The van der Waals surface area contributed by atoms with Crippen LogP contribution in [0.3, 0.4) is 0 Å². The highest BCUT2D eigenvalue weighted by Crippen LogP contribution is 2.52. The normalized spacial score (nSPS) is 18.9. The van der Waals surface area contributed by atoms with Gasteiger partial charge in [0.2, 0.25) is 0 Å². The summed E-state index contributed by atoms with van der Waals surface area (Å²) in [5.41, 5.74) is -2.28. The van der Waals surface area contributed by atoms with Gasteiger partial charge in [-0.1, -0.05) is 18.2 Å². The highest BCUT2D eigenvalue weighted by atomic mass is 19.4. The van der Waals surface area contributed by atoms with Gasteiger partial charge in [0.15, 0.2) is 0 Å². The number of carboxylic acids is 1. The number of carbonyl (C=O) groups excluding carboxylic acids is 2. The summed E-state index contributed by atoms with van der Waals surface area (Å²) in [6.45, 7) is 2.94. The number of allylic oxidation sites excluding steroid dienone is 1. The third-order valence-corrected chi connectivity index (χ3v) is 6.52. The van der Waals surface area contributed by atoms with Gasteiger partial charge in [0, 0.05) is 5.70 Å². The Morgan fingerprint density at radius 2 is 1.84 bits per heavy atom. The van der Waals surface area contributed by atoms with E-state index in [1.54, 1.807) is 6.92 Å². The molecule has 0 spiro atoms. The molecule has 11 heteroatoms. The molecule has 1 saturated carbocycles. The van der Waals surface area contributed by atoms with Gasteiger partial charge in [-0.3, -0.25) is 9.80 Å². The van der Waals surface area contributed by atoms with Crippen molar-refractivity contribution in [2.24, 2.45) is 0 Å². The van der Waals surface area contributed by atoms with E-state index in [0.29, 0.717) is 11.1 Å². The van der Waals surface area contributed by atoms with Crippen LogP contribution in [-0.4, -0.2) is 40.1 Å². The molecule has 0 radical (unpaired) electrons. The molecule has 0 saturated heterocycles. The Bertz CT molecular complexity index is 1340. The molecular weight excluding hydrogens is 491 g/mol. The Hall–Kier alpha value is -4.33. The number of esters is 1. The first kappa shape index (κ1) is 25.8. The Kier molecular flexibility index (Phi) is 6.46. The molecule has 1 fully saturated rings. The minimum absolute atomic E-state index is 0.00886. The lowest BCUT2D eigenvalue weighted by Crippen LogP contribution is -2.58. The number of aliphatic carboxylic acids is 1. The van der Waals surface area contributed by atoms with Crippen molar-refractivity contribution in [3.05, 3.63) is 76.5 Å². The van der Waals surface area contributed by atoms with E-state index in [-0.39, 0.29) is 36.4 Å². The molecule has 0 bridgehead atoms. The number of alkyl halides is 3. The van der Waals surface area contributed by atoms with E-state index in [1.807, 2.05) is 6.07 Å². The molecule has 2 aromatic carbocycles. The first-order chi connectivity index (χ1) is 17.5. The number of urea groups is 1. The number of hydrogen-bond acceptors (Lipinski definition) is 5. The van der Waals surface area contributed by atoms with Crippen LogP contribution in [0.15, 0.2) is 59.8 Å². The van der Waals surface area contributed by atoms with Crippen molar-refractivity contribution in [3.63, 3.8) is 0 Å². The molecule has 1 aliphatic carbocycles. The molecular formula is C26H22F3N3O5. The fourth-order valence-corrected chi connectivity index (χ4v) is 4.56. The molecule has 2 amide bonds. The van der Waals surface area contributed by atoms with Crippen molar-refractivity contribution < 1.29 is 37.4 Å². The van der Waals surface area contributed by atoms with Gasteiger partial charge in [-0.15, -0.1) is 0 Å². The lowest BCUT2D eigenvalue weighted by molar-refractivity contribution is -0.146. The van der Waals surface area contributed by atoms with Gasteiger partial charge in [-0.25, -0.2) is 14.4 Å². The van der Waals surface area contributed by atoms with Gasteiger partial charge >= 0.3 is 24.1 Å². The maximum Gasteiger partial charge on any atom is 0.416 e. The van der Waals surface area contributed by atoms with Crippen LogP contribution in [0.1, 0.15) is 49.4 Å². The molecule has 1 aliphatic heterocycles. The molecule has 37 heavy (non-hydrogen) atoms. The number of hydrogen-bond donors (Lipinski definition) is 1. The van der Waals surface area contributed by atoms with Crippen molar-refractivity contribution in [2.75, 3.05) is 11.5 Å². The number of amides is 2. The smallest absolute Gasteiger partial charge is 0.416 e. The molecule has 1 atom stereocenters. The Morgan fingerprint density at radius 1 is 1.19 bits per heavy atom. The SMILES string of the molecule is CCOC(=O)C1=C(C)N(c2cccc(C(F)(F)F)c2)C(=O)N(C2(C(=O)O)CC2)C1c1ccc(C#N)cc1. The molecule has 2 aliphatic rings. The number of halogens is 3. The van der Waals surface area contributed by atoms with Crippen LogP contribution in [0.2, 0.25) is 0 Å². The van der Waals surface area contributed by atoms with E-state index in [9.17, 15) is 37.9 Å². The first-order valence-corrected chi connectivity index (χ1v) is 11.4. The zero-order valence-corrected chi connectivity index (χ0v) is 19.9. The molecule has 192 valence electrons. The summed E-state index contributed by atoms with van der Waals surface area (Å²) in [6.07, 6.45) is -4.52. The quantitative estimate of drug-likeness (QED) is 0.544. The van der Waals surface area contributed by atoms with Gasteiger partial charge in [0.25, 0.3) is 0 Å². The molecule has 8 nitrogen and oxygen atoms in total. The number of nitrogens with zero attached hydrogens (tertiary/aromatic N) is 3. The Morgan fingerprint density at radius 3 is 2.35 bits per heavy atom. The summed E-state index contributed by atoms with van der Waals surface area (Å²) in [5.74, 6) is -2.14. The average molecular weight is 513 g/mol. The lowest BCUT2D eigenvalue weighted by Gasteiger charge is -2.45. The van der Waals surface area contributed by atoms with E-state index >= 15 is 0 Å². The van der Waals surface area contributed by atoms with Crippen molar-refractivity contribution in [1.82, 2.24) is 4.90 Å². The van der Waals surface area contributed by atoms with E-state index in [0.717, 1.165) is 28.0 Å². The van der Waals surface area contributed by atoms with E-state index < -0.39 is 41.3 Å². The van der Waals surface area contributed by atoms with Crippen LogP contribution >= 0.6 is 0 Å². The van der Waals surface area contributed by atoms with E-state index in [2.05, 4.69) is 0 Å². The molecule has 1 N–H and O–H groups in total. The summed E-state index contributed by atoms with van der Waals surface area (Å²) in [4.78, 5) is 41.6. The maximum atomic E-state index is 14.0. The van der Waals surface area contributed by atoms with E-state index in [4.69, 9.17) is 4.74 Å². The fourth-order valence-electron chi connectivity index (χ4n) is 4.56. The molecule has 1 heterocycles. The van der Waals surface area contributed by atoms with Gasteiger partial charge in [0.05, 0.1) is 41.1 Å². The highest BCUT2D eigenvalue weighted by Gasteiger charge is 2.62. The van der Waals surface area contributed by atoms with Crippen LogP contribution in [0, 0.1) is 11.3 Å². The summed E-state index contributed by atoms with van der Waals surface area (Å²) < 4.78 is 45.6. The monoisotopic (exact) mass is 513 g/mol. The fraction of sp³-hybridized carbons (Fsp3) is 0.308. The number of benzene rings is 2. The Balaban J connectivity index is 2.00. The summed E-state index contributed by atoms with van der Waals surface area (Å²) in [5, 5.41) is 19.3. The lowest BCUT2D eigenvalue weighted by atomic mass is 9.90. The topological polar surface area (TPSA) is 111 Å². The van der Waals surface area contributed by atoms with E-state index in [1.165, 1.54) is 37.3 Å². The third kappa shape index (κ3) is 4.39. The van der Waals surface area contributed by atoms with Gasteiger partial charge in [-0.05, 0) is 62.6 Å². The number of carbonyl (C=O) groups is 3. The van der Waals surface area contributed by atoms with Crippen LogP contribution in [0.4, 0.5) is 23.7 Å². The minimum atomic E-state index is -4.69. The number of anilines is 1. The highest BCUT2D eigenvalue weighted by molar-refractivity contribution is 6.05. The second-order valence-corrected chi connectivity index (χ2v) is 8.73. The van der Waals surface area contributed by atoms with Gasteiger partial charge in [-0.2, -0.15) is 18.4 Å². The first-order valence-electron chi connectivity index (χ1n) is 11.4. The average Bonchev–Trinajstić information content (AvgIpc) is 3.65.